The average molecular weight is 448 g/mol. The van der Waals surface area contributed by atoms with Gasteiger partial charge in [0.25, 0.3) is 5.91 Å². The topological polar surface area (TPSA) is 54.5 Å². The van der Waals surface area contributed by atoms with Gasteiger partial charge in [-0.2, -0.15) is 0 Å². The van der Waals surface area contributed by atoms with Gasteiger partial charge in [-0.05, 0) is 80.4 Å². The summed E-state index contributed by atoms with van der Waals surface area (Å²) in [5.41, 5.74) is 4.36. The van der Waals surface area contributed by atoms with E-state index in [1.807, 2.05) is 31.2 Å². The Hall–Kier alpha value is -3.25. The van der Waals surface area contributed by atoms with E-state index >= 15 is 0 Å². The van der Waals surface area contributed by atoms with Gasteiger partial charge in [0.2, 0.25) is 0 Å². The molecule has 0 saturated carbocycles. The van der Waals surface area contributed by atoms with Crippen molar-refractivity contribution < 1.29 is 13.9 Å². The predicted molar refractivity (Wildman–Crippen MR) is 127 cm³/mol. The van der Waals surface area contributed by atoms with Crippen LogP contribution in [0.5, 0.6) is 5.75 Å². The number of amides is 1. The van der Waals surface area contributed by atoms with E-state index in [0.717, 1.165) is 55.2 Å². The molecule has 0 aliphatic carbocycles. The molecule has 172 valence electrons. The predicted octanol–water partition coefficient (Wildman–Crippen LogP) is 4.85. The molecular weight excluding hydrogens is 417 g/mol. The number of benzene rings is 2. The summed E-state index contributed by atoms with van der Waals surface area (Å²) in [5, 5.41) is 2.93. The zero-order valence-corrected chi connectivity index (χ0v) is 19.2. The third kappa shape index (κ3) is 5.96. The molecular formula is C27H30FN3O2. The molecule has 0 bridgehead atoms. The van der Waals surface area contributed by atoms with E-state index in [1.54, 1.807) is 19.2 Å². The molecule has 1 amide bonds. The van der Waals surface area contributed by atoms with Gasteiger partial charge in [0, 0.05) is 24.7 Å². The lowest BCUT2D eigenvalue weighted by Crippen LogP contribution is -2.34. The molecule has 1 aliphatic rings. The van der Waals surface area contributed by atoms with Gasteiger partial charge >= 0.3 is 0 Å². The number of carbonyl (C=O) groups is 1. The number of ether oxygens (including phenoxy) is 1. The van der Waals surface area contributed by atoms with E-state index in [4.69, 9.17) is 9.72 Å². The maximum Gasteiger partial charge on any atom is 0.253 e. The Bertz CT molecular complexity index is 1110. The summed E-state index contributed by atoms with van der Waals surface area (Å²) in [6, 6.07) is 18.2. The molecule has 1 saturated heterocycles. The lowest BCUT2D eigenvalue weighted by molar-refractivity contribution is 0.0948. The highest BCUT2D eigenvalue weighted by Crippen LogP contribution is 2.30. The molecule has 0 atom stereocenters. The van der Waals surface area contributed by atoms with Crippen molar-refractivity contribution in [3.8, 4) is 5.75 Å². The molecule has 0 unspecified atom stereocenters. The average Bonchev–Trinajstić information content (AvgIpc) is 2.83. The Balaban J connectivity index is 1.40. The number of carbonyl (C=O) groups excluding carboxylic acids is 1. The fourth-order valence-corrected chi connectivity index (χ4v) is 4.40. The van der Waals surface area contributed by atoms with E-state index in [-0.39, 0.29) is 24.2 Å². The number of nitrogens with one attached hydrogen (secondary N) is 1. The zero-order chi connectivity index (χ0) is 23.2. The second-order valence-electron chi connectivity index (χ2n) is 8.60. The standard InChI is InChI=1S/C27H30FN3O2/c1-19-9-10-25(27(32)29-17-20-5-3-7-23(28)15-20)26(30-19)22-11-13-31(14-12-22)18-21-6-4-8-24(16-21)33-2/h3-10,15-16,22H,11-14,17-18H2,1-2H3,(H,29,32). The van der Waals surface area contributed by atoms with Crippen LogP contribution in [0.4, 0.5) is 4.39 Å². The summed E-state index contributed by atoms with van der Waals surface area (Å²) in [5.74, 6) is 0.641. The van der Waals surface area contributed by atoms with E-state index in [0.29, 0.717) is 5.56 Å². The molecule has 0 radical (unpaired) electrons. The molecule has 1 aliphatic heterocycles. The highest BCUT2D eigenvalue weighted by molar-refractivity contribution is 5.95. The van der Waals surface area contributed by atoms with Crippen LogP contribution in [0.3, 0.4) is 0 Å². The van der Waals surface area contributed by atoms with Gasteiger partial charge in [-0.3, -0.25) is 14.7 Å². The number of halogens is 1. The van der Waals surface area contributed by atoms with Gasteiger partial charge in [0.05, 0.1) is 18.4 Å². The molecule has 4 rings (SSSR count). The molecule has 1 aromatic heterocycles. The van der Waals surface area contributed by atoms with Crippen molar-refractivity contribution in [2.45, 2.75) is 38.8 Å². The van der Waals surface area contributed by atoms with E-state index in [9.17, 15) is 9.18 Å². The molecule has 2 aromatic carbocycles. The van der Waals surface area contributed by atoms with Gasteiger partial charge in [-0.15, -0.1) is 0 Å². The Morgan fingerprint density at radius 2 is 1.85 bits per heavy atom. The first kappa shape index (κ1) is 22.9. The third-order valence-corrected chi connectivity index (χ3v) is 6.17. The van der Waals surface area contributed by atoms with Crippen molar-refractivity contribution in [2.75, 3.05) is 20.2 Å². The van der Waals surface area contributed by atoms with Crippen LogP contribution in [-0.2, 0) is 13.1 Å². The van der Waals surface area contributed by atoms with Gasteiger partial charge in [0.1, 0.15) is 11.6 Å². The summed E-state index contributed by atoms with van der Waals surface area (Å²) in [7, 11) is 1.69. The number of nitrogens with zero attached hydrogens (tertiary/aromatic N) is 2. The van der Waals surface area contributed by atoms with Crippen LogP contribution < -0.4 is 10.1 Å². The largest absolute Gasteiger partial charge is 0.497 e. The molecule has 0 spiro atoms. The van der Waals surface area contributed by atoms with Crippen LogP contribution in [-0.4, -0.2) is 36.0 Å². The molecule has 6 heteroatoms. The van der Waals surface area contributed by atoms with E-state index < -0.39 is 0 Å². The number of rotatable bonds is 7. The number of likely N-dealkylation sites (tertiary alicyclic amines) is 1. The Morgan fingerprint density at radius 3 is 2.61 bits per heavy atom. The normalized spacial score (nSPS) is 14.8. The number of hydrogen-bond donors (Lipinski definition) is 1. The summed E-state index contributed by atoms with van der Waals surface area (Å²) in [4.78, 5) is 20.2. The van der Waals surface area contributed by atoms with Gasteiger partial charge in [0.15, 0.2) is 0 Å². The third-order valence-electron chi connectivity index (χ3n) is 6.17. The highest BCUT2D eigenvalue weighted by Gasteiger charge is 2.26. The molecule has 2 heterocycles. The monoisotopic (exact) mass is 447 g/mol. The Morgan fingerprint density at radius 1 is 1.09 bits per heavy atom. The van der Waals surface area contributed by atoms with Crippen molar-refractivity contribution in [1.82, 2.24) is 15.2 Å². The maximum atomic E-state index is 13.4. The van der Waals surface area contributed by atoms with Crippen molar-refractivity contribution in [2.24, 2.45) is 0 Å². The van der Waals surface area contributed by atoms with E-state index in [1.165, 1.54) is 17.7 Å². The first-order valence-electron chi connectivity index (χ1n) is 11.4. The van der Waals surface area contributed by atoms with Crippen molar-refractivity contribution in [3.63, 3.8) is 0 Å². The maximum absolute atomic E-state index is 13.4. The van der Waals surface area contributed by atoms with Crippen LogP contribution in [0.15, 0.2) is 60.7 Å². The van der Waals surface area contributed by atoms with Gasteiger partial charge in [-0.25, -0.2) is 4.39 Å². The summed E-state index contributed by atoms with van der Waals surface area (Å²) in [6.07, 6.45) is 1.90. The fourth-order valence-electron chi connectivity index (χ4n) is 4.40. The number of aryl methyl sites for hydroxylation is 1. The molecule has 1 N–H and O–H groups in total. The van der Waals surface area contributed by atoms with Crippen LogP contribution >= 0.6 is 0 Å². The molecule has 1 fully saturated rings. The molecule has 3 aromatic rings. The van der Waals surface area contributed by atoms with Gasteiger partial charge < -0.3 is 10.1 Å². The second kappa shape index (κ2) is 10.6. The van der Waals surface area contributed by atoms with Crippen molar-refractivity contribution in [1.29, 1.82) is 0 Å². The molecule has 5 nitrogen and oxygen atoms in total. The minimum atomic E-state index is -0.305. The summed E-state index contributed by atoms with van der Waals surface area (Å²) < 4.78 is 18.8. The first-order chi connectivity index (χ1) is 16.0. The Labute approximate surface area is 194 Å². The quantitative estimate of drug-likeness (QED) is 0.563. The number of piperidine rings is 1. The lowest BCUT2D eigenvalue weighted by atomic mass is 9.89. The SMILES string of the molecule is COc1cccc(CN2CCC(c3nc(C)ccc3C(=O)NCc3cccc(F)c3)CC2)c1. The van der Waals surface area contributed by atoms with Crippen LogP contribution in [0.25, 0.3) is 0 Å². The van der Waals surface area contributed by atoms with Crippen LogP contribution in [0.2, 0.25) is 0 Å². The summed E-state index contributed by atoms with van der Waals surface area (Å²) >= 11 is 0. The van der Waals surface area contributed by atoms with Crippen molar-refractivity contribution >= 4 is 5.91 Å². The number of hydrogen-bond acceptors (Lipinski definition) is 4. The highest BCUT2D eigenvalue weighted by atomic mass is 19.1. The zero-order valence-electron chi connectivity index (χ0n) is 19.2. The first-order valence-corrected chi connectivity index (χ1v) is 11.4. The fraction of sp³-hybridized carbons (Fsp3) is 0.333. The van der Waals surface area contributed by atoms with Gasteiger partial charge in [-0.1, -0.05) is 24.3 Å². The minimum Gasteiger partial charge on any atom is -0.497 e. The minimum absolute atomic E-state index is 0.166. The van der Waals surface area contributed by atoms with Crippen LogP contribution in [0.1, 0.15) is 51.6 Å². The smallest absolute Gasteiger partial charge is 0.253 e. The number of aromatic nitrogens is 1. The Kier molecular flexibility index (Phi) is 7.35. The second-order valence-corrected chi connectivity index (χ2v) is 8.60. The van der Waals surface area contributed by atoms with Crippen LogP contribution in [0, 0.1) is 12.7 Å². The lowest BCUT2D eigenvalue weighted by Gasteiger charge is -2.32. The van der Waals surface area contributed by atoms with Crippen molar-refractivity contribution in [3.05, 3.63) is 94.6 Å². The summed E-state index contributed by atoms with van der Waals surface area (Å²) in [6.45, 7) is 5.01. The molecule has 33 heavy (non-hydrogen) atoms. The number of methoxy groups -OCH3 is 1. The van der Waals surface area contributed by atoms with E-state index in [2.05, 4.69) is 22.3 Å². The number of pyridine rings is 1.